The topological polar surface area (TPSA) is 64.6 Å². The molecule has 2 aromatic rings. The first kappa shape index (κ1) is 17.2. The number of urea groups is 1. The fourth-order valence-corrected chi connectivity index (χ4v) is 2.88. The van der Waals surface area contributed by atoms with E-state index in [1.165, 1.54) is 6.07 Å². The van der Waals surface area contributed by atoms with Gasteiger partial charge in [0.15, 0.2) is 0 Å². The highest BCUT2D eigenvalue weighted by molar-refractivity contribution is 5.89. The molecule has 0 bridgehead atoms. The number of likely N-dealkylation sites (N-methyl/N-ethyl adjacent to an activating group) is 1. The summed E-state index contributed by atoms with van der Waals surface area (Å²) in [5.41, 5.74) is 2.45. The third-order valence-corrected chi connectivity index (χ3v) is 4.27. The molecular weight excluding hydrogens is 328 g/mol. The zero-order valence-corrected chi connectivity index (χ0v) is 13.7. The predicted molar refractivity (Wildman–Crippen MR) is 91.8 cm³/mol. The van der Waals surface area contributed by atoms with E-state index in [1.807, 2.05) is 19.2 Å². The summed E-state index contributed by atoms with van der Waals surface area (Å²) in [7, 11) is 2.01. The van der Waals surface area contributed by atoms with Crippen LogP contribution >= 0.6 is 0 Å². The van der Waals surface area contributed by atoms with Crippen LogP contribution in [0.25, 0.3) is 0 Å². The molecule has 5 nitrogen and oxygen atoms in total. The Kier molecular flexibility index (Phi) is 4.85. The van der Waals surface area contributed by atoms with Crippen LogP contribution in [0.1, 0.15) is 17.2 Å². The number of amides is 2. The minimum absolute atomic E-state index is 0.0729. The van der Waals surface area contributed by atoms with Crippen molar-refractivity contribution in [2.24, 2.45) is 0 Å². The van der Waals surface area contributed by atoms with E-state index in [9.17, 15) is 18.7 Å². The molecule has 0 radical (unpaired) electrons. The zero-order valence-electron chi connectivity index (χ0n) is 13.7. The molecule has 2 aromatic carbocycles. The Bertz CT molecular complexity index is 778. The molecule has 7 heteroatoms. The van der Waals surface area contributed by atoms with Gasteiger partial charge in [0.25, 0.3) is 0 Å². The number of anilines is 2. The molecule has 1 atom stereocenters. The zero-order chi connectivity index (χ0) is 18.0. The van der Waals surface area contributed by atoms with Crippen molar-refractivity contribution >= 4 is 17.4 Å². The van der Waals surface area contributed by atoms with Gasteiger partial charge in [-0.25, -0.2) is 13.6 Å². The number of hydrogen-bond donors (Lipinski definition) is 3. The molecule has 25 heavy (non-hydrogen) atoms. The van der Waals surface area contributed by atoms with Crippen LogP contribution in [0.5, 0.6) is 0 Å². The summed E-state index contributed by atoms with van der Waals surface area (Å²) in [4.78, 5) is 13.9. The maximum atomic E-state index is 13.5. The third kappa shape index (κ3) is 3.71. The van der Waals surface area contributed by atoms with Crippen molar-refractivity contribution < 1.29 is 18.7 Å². The van der Waals surface area contributed by atoms with Crippen molar-refractivity contribution in [2.45, 2.75) is 12.5 Å². The summed E-state index contributed by atoms with van der Waals surface area (Å²) in [6.07, 6.45) is -0.000201. The molecule has 1 aliphatic heterocycles. The Labute approximate surface area is 144 Å². The van der Waals surface area contributed by atoms with E-state index in [0.29, 0.717) is 5.56 Å². The second kappa shape index (κ2) is 7.06. The van der Waals surface area contributed by atoms with Crippen molar-refractivity contribution in [1.82, 2.24) is 5.32 Å². The summed E-state index contributed by atoms with van der Waals surface area (Å²) in [6.45, 7) is 0.861. The Morgan fingerprint density at radius 1 is 1.28 bits per heavy atom. The summed E-state index contributed by atoms with van der Waals surface area (Å²) in [5.74, 6) is -1.73. The van der Waals surface area contributed by atoms with E-state index in [0.717, 1.165) is 36.3 Å². The second-order valence-corrected chi connectivity index (χ2v) is 6.01. The van der Waals surface area contributed by atoms with Gasteiger partial charge in [0.1, 0.15) is 17.3 Å². The quantitative estimate of drug-likeness (QED) is 0.797. The van der Waals surface area contributed by atoms with E-state index in [2.05, 4.69) is 15.5 Å². The van der Waals surface area contributed by atoms with Crippen LogP contribution in [-0.2, 0) is 6.42 Å². The molecule has 0 fully saturated rings. The lowest BCUT2D eigenvalue weighted by atomic mass is 10.0. The standard InChI is InChI=1S/C18H19F2N3O2/c1-23-8-7-11-9-12(5-6-15(11)23)16(24)10-21-18(25)22-17-13(19)3-2-4-14(17)20/h2-6,9,16,24H,7-8,10H2,1H3,(H2,21,22,25)/t16-/m0/s1. The first-order chi connectivity index (χ1) is 12.0. The Balaban J connectivity index is 1.59. The molecule has 0 aromatic heterocycles. The third-order valence-electron chi connectivity index (χ3n) is 4.27. The minimum Gasteiger partial charge on any atom is -0.387 e. The number of halogens is 2. The summed E-state index contributed by atoms with van der Waals surface area (Å²) in [6, 6.07) is 8.19. The van der Waals surface area contributed by atoms with Crippen molar-refractivity contribution in [2.75, 3.05) is 30.4 Å². The number of aliphatic hydroxyl groups excluding tert-OH is 1. The lowest BCUT2D eigenvalue weighted by molar-refractivity contribution is 0.175. The van der Waals surface area contributed by atoms with Crippen LogP contribution in [0, 0.1) is 11.6 Å². The molecule has 0 spiro atoms. The van der Waals surface area contributed by atoms with Gasteiger partial charge in [-0.1, -0.05) is 18.2 Å². The molecule has 1 aliphatic rings. The summed E-state index contributed by atoms with van der Waals surface area (Å²) >= 11 is 0. The maximum Gasteiger partial charge on any atom is 0.319 e. The van der Waals surface area contributed by atoms with E-state index in [1.54, 1.807) is 6.07 Å². The molecular formula is C18H19F2N3O2. The molecule has 1 heterocycles. The van der Waals surface area contributed by atoms with E-state index < -0.39 is 29.5 Å². The number of fused-ring (bicyclic) bond motifs is 1. The molecule has 2 amide bonds. The number of rotatable bonds is 4. The lowest BCUT2D eigenvalue weighted by Gasteiger charge is -2.16. The number of carbonyl (C=O) groups excluding carboxylic acids is 1. The van der Waals surface area contributed by atoms with Crippen LogP contribution in [-0.4, -0.2) is 31.3 Å². The van der Waals surface area contributed by atoms with Gasteiger partial charge in [-0.3, -0.25) is 0 Å². The van der Waals surface area contributed by atoms with Crippen molar-refractivity contribution in [3.05, 3.63) is 59.2 Å². The highest BCUT2D eigenvalue weighted by Gasteiger charge is 2.18. The average molecular weight is 347 g/mol. The van der Waals surface area contributed by atoms with Crippen molar-refractivity contribution in [3.8, 4) is 0 Å². The fraction of sp³-hybridized carbons (Fsp3) is 0.278. The van der Waals surface area contributed by atoms with Crippen LogP contribution in [0.15, 0.2) is 36.4 Å². The Morgan fingerprint density at radius 3 is 2.72 bits per heavy atom. The highest BCUT2D eigenvalue weighted by atomic mass is 19.1. The molecule has 132 valence electrons. The first-order valence-corrected chi connectivity index (χ1v) is 7.96. The normalized spacial score (nSPS) is 14.2. The second-order valence-electron chi connectivity index (χ2n) is 6.01. The van der Waals surface area contributed by atoms with Crippen molar-refractivity contribution in [3.63, 3.8) is 0 Å². The number of hydrogen-bond acceptors (Lipinski definition) is 3. The predicted octanol–water partition coefficient (Wildman–Crippen LogP) is 2.81. The van der Waals surface area contributed by atoms with Gasteiger partial charge in [-0.15, -0.1) is 0 Å². The van der Waals surface area contributed by atoms with Gasteiger partial charge in [-0.2, -0.15) is 0 Å². The van der Waals surface area contributed by atoms with Crippen LogP contribution in [0.3, 0.4) is 0 Å². The average Bonchev–Trinajstić information content (AvgIpc) is 2.97. The van der Waals surface area contributed by atoms with Crippen molar-refractivity contribution in [1.29, 1.82) is 0 Å². The van der Waals surface area contributed by atoms with E-state index in [-0.39, 0.29) is 6.54 Å². The lowest BCUT2D eigenvalue weighted by Crippen LogP contribution is -2.33. The van der Waals surface area contributed by atoms with Gasteiger partial charge in [0.05, 0.1) is 6.10 Å². The molecule has 3 rings (SSSR count). The number of nitrogens with zero attached hydrogens (tertiary/aromatic N) is 1. The smallest absolute Gasteiger partial charge is 0.319 e. The van der Waals surface area contributed by atoms with Gasteiger partial charge in [-0.05, 0) is 35.7 Å². The first-order valence-electron chi connectivity index (χ1n) is 7.96. The molecule has 0 saturated heterocycles. The van der Waals surface area contributed by atoms with E-state index >= 15 is 0 Å². The minimum atomic E-state index is -0.910. The summed E-state index contributed by atoms with van der Waals surface area (Å²) < 4.78 is 27.0. The number of aliphatic hydroxyl groups is 1. The van der Waals surface area contributed by atoms with Gasteiger partial charge in [0, 0.05) is 25.8 Å². The Hall–Kier alpha value is -2.67. The van der Waals surface area contributed by atoms with Gasteiger partial charge in [0.2, 0.25) is 0 Å². The van der Waals surface area contributed by atoms with Gasteiger partial charge >= 0.3 is 6.03 Å². The monoisotopic (exact) mass is 347 g/mol. The van der Waals surface area contributed by atoms with Gasteiger partial charge < -0.3 is 20.6 Å². The number of carbonyl (C=O) groups is 1. The Morgan fingerprint density at radius 2 is 2.00 bits per heavy atom. The maximum absolute atomic E-state index is 13.5. The van der Waals surface area contributed by atoms with Crippen LogP contribution < -0.4 is 15.5 Å². The largest absolute Gasteiger partial charge is 0.387 e. The molecule has 0 aliphatic carbocycles. The molecule has 0 unspecified atom stereocenters. The fourth-order valence-electron chi connectivity index (χ4n) is 2.88. The molecule has 3 N–H and O–H groups in total. The molecule has 0 saturated carbocycles. The SMILES string of the molecule is CN1CCc2cc([C@@H](O)CNC(=O)Nc3c(F)cccc3F)ccc21. The van der Waals surface area contributed by atoms with E-state index in [4.69, 9.17) is 0 Å². The van der Waals surface area contributed by atoms with Crippen LogP contribution in [0.2, 0.25) is 0 Å². The highest BCUT2D eigenvalue weighted by Crippen LogP contribution is 2.29. The summed E-state index contributed by atoms with van der Waals surface area (Å²) in [5, 5.41) is 14.8. The number of benzene rings is 2. The van der Waals surface area contributed by atoms with Crippen LogP contribution in [0.4, 0.5) is 25.0 Å². The number of para-hydroxylation sites is 1. The number of nitrogens with one attached hydrogen (secondary N) is 2.